The maximum atomic E-state index is 6.76. The molecule has 0 saturated carbocycles. The molecule has 20 heavy (non-hydrogen) atoms. The number of fused-ring (bicyclic) bond motifs is 2. The van der Waals surface area contributed by atoms with E-state index in [2.05, 4.69) is 53.5 Å². The molecule has 0 bridgehead atoms. The van der Waals surface area contributed by atoms with Crippen LogP contribution in [-0.4, -0.2) is 4.98 Å². The highest BCUT2D eigenvalue weighted by atomic mass is 14.8. The van der Waals surface area contributed by atoms with Crippen molar-refractivity contribution in [3.8, 4) is 0 Å². The van der Waals surface area contributed by atoms with E-state index in [1.807, 2.05) is 12.3 Å². The summed E-state index contributed by atoms with van der Waals surface area (Å²) in [5.41, 5.74) is 11.2. The van der Waals surface area contributed by atoms with Crippen LogP contribution in [0, 0.1) is 0 Å². The van der Waals surface area contributed by atoms with Gasteiger partial charge in [0.25, 0.3) is 0 Å². The van der Waals surface area contributed by atoms with Gasteiger partial charge in [0.15, 0.2) is 0 Å². The third-order valence-electron chi connectivity index (χ3n) is 4.41. The first-order valence-electron chi connectivity index (χ1n) is 7.00. The Kier molecular flexibility index (Phi) is 2.41. The number of nitrogens with zero attached hydrogens (tertiary/aromatic N) is 1. The number of rotatable bonds is 1. The van der Waals surface area contributed by atoms with Gasteiger partial charge in [-0.25, -0.2) is 0 Å². The van der Waals surface area contributed by atoms with Gasteiger partial charge < -0.3 is 5.73 Å². The second-order valence-electron chi connectivity index (χ2n) is 5.54. The molecule has 1 heterocycles. The van der Waals surface area contributed by atoms with Crippen LogP contribution < -0.4 is 5.73 Å². The third kappa shape index (κ3) is 1.58. The van der Waals surface area contributed by atoms with E-state index >= 15 is 0 Å². The van der Waals surface area contributed by atoms with E-state index in [1.54, 1.807) is 0 Å². The number of hydrogen-bond acceptors (Lipinski definition) is 2. The zero-order valence-electron chi connectivity index (χ0n) is 11.2. The van der Waals surface area contributed by atoms with Crippen molar-refractivity contribution in [3.63, 3.8) is 0 Å². The van der Waals surface area contributed by atoms with Gasteiger partial charge in [0.05, 0.1) is 11.1 Å². The van der Waals surface area contributed by atoms with Gasteiger partial charge in [-0.05, 0) is 41.7 Å². The first-order valence-corrected chi connectivity index (χ1v) is 7.00. The van der Waals surface area contributed by atoms with Crippen LogP contribution in [-0.2, 0) is 12.0 Å². The zero-order valence-corrected chi connectivity index (χ0v) is 11.2. The lowest BCUT2D eigenvalue weighted by molar-refractivity contribution is 0.535. The maximum Gasteiger partial charge on any atom is 0.0705 e. The molecule has 98 valence electrons. The maximum absolute atomic E-state index is 6.76. The normalized spacial score (nSPS) is 21.1. The van der Waals surface area contributed by atoms with Crippen molar-refractivity contribution in [1.82, 2.24) is 4.98 Å². The van der Waals surface area contributed by atoms with E-state index in [1.165, 1.54) is 11.1 Å². The number of aryl methyl sites for hydroxylation is 1. The van der Waals surface area contributed by atoms with Crippen LogP contribution in [0.15, 0.2) is 60.8 Å². The summed E-state index contributed by atoms with van der Waals surface area (Å²) in [6.07, 6.45) is 3.84. The Balaban J connectivity index is 1.91. The quantitative estimate of drug-likeness (QED) is 0.728. The van der Waals surface area contributed by atoms with Gasteiger partial charge in [0.2, 0.25) is 0 Å². The highest BCUT2D eigenvalue weighted by Crippen LogP contribution is 2.40. The lowest BCUT2D eigenvalue weighted by Crippen LogP contribution is -2.35. The Hall–Kier alpha value is -2.19. The highest BCUT2D eigenvalue weighted by Gasteiger charge is 2.36. The van der Waals surface area contributed by atoms with Crippen molar-refractivity contribution in [2.75, 3.05) is 0 Å². The minimum atomic E-state index is -0.373. The molecule has 0 aliphatic heterocycles. The molecule has 2 N–H and O–H groups in total. The number of hydrogen-bond donors (Lipinski definition) is 1. The summed E-state index contributed by atoms with van der Waals surface area (Å²) in [4.78, 5) is 4.44. The van der Waals surface area contributed by atoms with Crippen molar-refractivity contribution in [1.29, 1.82) is 0 Å². The van der Waals surface area contributed by atoms with Crippen molar-refractivity contribution < 1.29 is 0 Å². The molecule has 2 heteroatoms. The van der Waals surface area contributed by atoms with Gasteiger partial charge in [-0.3, -0.25) is 4.98 Å². The van der Waals surface area contributed by atoms with Crippen molar-refractivity contribution in [3.05, 3.63) is 77.5 Å². The molecule has 3 aromatic rings. The van der Waals surface area contributed by atoms with E-state index < -0.39 is 0 Å². The van der Waals surface area contributed by atoms with Crippen molar-refractivity contribution >= 4 is 10.9 Å². The van der Waals surface area contributed by atoms with Crippen LogP contribution in [0.2, 0.25) is 0 Å². The van der Waals surface area contributed by atoms with E-state index in [-0.39, 0.29) is 5.54 Å². The van der Waals surface area contributed by atoms with Crippen molar-refractivity contribution in [2.24, 2.45) is 5.73 Å². The molecular formula is C18H16N2. The number of pyridine rings is 1. The Morgan fingerprint density at radius 3 is 2.85 bits per heavy atom. The standard InChI is InChI=1S/C18H16N2/c19-18(10-9-13-4-1-2-6-16(13)18)15-8-7-14-5-3-11-20-17(14)12-15/h1-8,11-12H,9-10,19H2. The molecule has 1 unspecified atom stereocenters. The lowest BCUT2D eigenvalue weighted by Gasteiger charge is -2.26. The van der Waals surface area contributed by atoms with Crippen LogP contribution in [0.5, 0.6) is 0 Å². The summed E-state index contributed by atoms with van der Waals surface area (Å²) < 4.78 is 0. The molecule has 2 nitrogen and oxygen atoms in total. The molecule has 0 saturated heterocycles. The molecule has 1 aliphatic rings. The lowest BCUT2D eigenvalue weighted by atomic mass is 9.85. The molecule has 0 amide bonds. The van der Waals surface area contributed by atoms with Gasteiger partial charge in [0, 0.05) is 11.6 Å². The van der Waals surface area contributed by atoms with Crippen LogP contribution in [0.25, 0.3) is 10.9 Å². The summed E-state index contributed by atoms with van der Waals surface area (Å²) in [7, 11) is 0. The molecule has 1 atom stereocenters. The fraction of sp³-hybridized carbons (Fsp3) is 0.167. The Morgan fingerprint density at radius 2 is 1.90 bits per heavy atom. The molecular weight excluding hydrogens is 244 g/mol. The first kappa shape index (κ1) is 11.6. The van der Waals surface area contributed by atoms with Crippen LogP contribution in [0.3, 0.4) is 0 Å². The minimum Gasteiger partial charge on any atom is -0.318 e. The Labute approximate surface area is 118 Å². The predicted molar refractivity (Wildman–Crippen MR) is 81.5 cm³/mol. The number of aromatic nitrogens is 1. The zero-order chi connectivity index (χ0) is 13.6. The fourth-order valence-electron chi connectivity index (χ4n) is 3.28. The van der Waals surface area contributed by atoms with E-state index in [9.17, 15) is 0 Å². The predicted octanol–water partition coefficient (Wildman–Crippen LogP) is 3.38. The van der Waals surface area contributed by atoms with Gasteiger partial charge in [-0.2, -0.15) is 0 Å². The van der Waals surface area contributed by atoms with Crippen molar-refractivity contribution in [2.45, 2.75) is 18.4 Å². The molecule has 1 aliphatic carbocycles. The van der Waals surface area contributed by atoms with Gasteiger partial charge in [-0.15, -0.1) is 0 Å². The van der Waals surface area contributed by atoms with E-state index in [4.69, 9.17) is 5.73 Å². The highest BCUT2D eigenvalue weighted by molar-refractivity contribution is 5.79. The molecule has 0 fully saturated rings. The van der Waals surface area contributed by atoms with E-state index in [0.29, 0.717) is 0 Å². The van der Waals surface area contributed by atoms with Crippen LogP contribution in [0.4, 0.5) is 0 Å². The first-order chi connectivity index (χ1) is 9.77. The Morgan fingerprint density at radius 1 is 1.00 bits per heavy atom. The Bertz CT molecular complexity index is 794. The molecule has 1 aromatic heterocycles. The van der Waals surface area contributed by atoms with Gasteiger partial charge >= 0.3 is 0 Å². The van der Waals surface area contributed by atoms with Gasteiger partial charge in [0.1, 0.15) is 0 Å². The topological polar surface area (TPSA) is 38.9 Å². The smallest absolute Gasteiger partial charge is 0.0705 e. The summed E-state index contributed by atoms with van der Waals surface area (Å²) in [6.45, 7) is 0. The fourth-order valence-corrected chi connectivity index (χ4v) is 3.28. The summed E-state index contributed by atoms with van der Waals surface area (Å²) >= 11 is 0. The SMILES string of the molecule is NC1(c2ccc3cccnc3c2)CCc2ccccc21. The van der Waals surface area contributed by atoms with Crippen LogP contribution in [0.1, 0.15) is 23.1 Å². The summed E-state index contributed by atoms with van der Waals surface area (Å²) in [5, 5.41) is 1.16. The average Bonchev–Trinajstić information content (AvgIpc) is 2.86. The minimum absolute atomic E-state index is 0.373. The summed E-state index contributed by atoms with van der Waals surface area (Å²) in [5.74, 6) is 0. The molecule has 0 radical (unpaired) electrons. The van der Waals surface area contributed by atoms with E-state index in [0.717, 1.165) is 29.3 Å². The molecule has 4 rings (SSSR count). The van der Waals surface area contributed by atoms with Crippen LogP contribution >= 0.6 is 0 Å². The largest absolute Gasteiger partial charge is 0.318 e. The molecule has 2 aromatic carbocycles. The monoisotopic (exact) mass is 260 g/mol. The number of nitrogens with two attached hydrogens (primary N) is 1. The second-order valence-corrected chi connectivity index (χ2v) is 5.54. The third-order valence-corrected chi connectivity index (χ3v) is 4.41. The average molecular weight is 260 g/mol. The summed E-state index contributed by atoms with van der Waals surface area (Å²) in [6, 6.07) is 18.9. The molecule has 0 spiro atoms. The second kappa shape index (κ2) is 4.15. The van der Waals surface area contributed by atoms with Gasteiger partial charge in [-0.1, -0.05) is 42.5 Å². The number of benzene rings is 2.